The number of amides is 2. The first kappa shape index (κ1) is 24.8. The first-order valence-corrected chi connectivity index (χ1v) is 12.2. The molecule has 0 spiro atoms. The fourth-order valence-corrected chi connectivity index (χ4v) is 5.24. The monoisotopic (exact) mass is 479 g/mol. The van der Waals surface area contributed by atoms with Gasteiger partial charge < -0.3 is 10.6 Å². The lowest BCUT2D eigenvalue weighted by molar-refractivity contribution is -0.118. The van der Waals surface area contributed by atoms with Crippen molar-refractivity contribution in [2.24, 2.45) is 5.92 Å². The van der Waals surface area contributed by atoms with E-state index in [9.17, 15) is 26.8 Å². The SMILES string of the molecule is CC(C)[C@H](NC(=O)c1c(F)cccc1F)C(=O)Nc1cccc(S(=O)(=O)N2CCCCC2)c1. The number of piperidine rings is 1. The van der Waals surface area contributed by atoms with Gasteiger partial charge in [-0.25, -0.2) is 17.2 Å². The summed E-state index contributed by atoms with van der Waals surface area (Å²) in [7, 11) is -3.69. The van der Waals surface area contributed by atoms with Crippen LogP contribution in [-0.2, 0) is 14.8 Å². The molecule has 33 heavy (non-hydrogen) atoms. The molecule has 0 unspecified atom stereocenters. The van der Waals surface area contributed by atoms with Crippen LogP contribution in [0.15, 0.2) is 47.4 Å². The Morgan fingerprint density at radius 1 is 0.970 bits per heavy atom. The molecule has 2 N–H and O–H groups in total. The number of hydrogen-bond acceptors (Lipinski definition) is 4. The number of rotatable bonds is 7. The van der Waals surface area contributed by atoms with Gasteiger partial charge in [-0.05, 0) is 49.1 Å². The maximum absolute atomic E-state index is 13.9. The second-order valence-corrected chi connectivity index (χ2v) is 10.2. The van der Waals surface area contributed by atoms with Crippen LogP contribution in [-0.4, -0.2) is 43.7 Å². The van der Waals surface area contributed by atoms with Gasteiger partial charge >= 0.3 is 0 Å². The summed E-state index contributed by atoms with van der Waals surface area (Å²) >= 11 is 0. The molecule has 1 fully saturated rings. The fraction of sp³-hybridized carbons (Fsp3) is 0.391. The van der Waals surface area contributed by atoms with E-state index in [0.717, 1.165) is 37.5 Å². The third-order valence-corrected chi connectivity index (χ3v) is 7.37. The van der Waals surface area contributed by atoms with Crippen molar-refractivity contribution in [2.75, 3.05) is 18.4 Å². The molecule has 1 aliphatic heterocycles. The van der Waals surface area contributed by atoms with Crippen LogP contribution in [0.25, 0.3) is 0 Å². The van der Waals surface area contributed by atoms with E-state index in [1.165, 1.54) is 28.6 Å². The summed E-state index contributed by atoms with van der Waals surface area (Å²) < 4.78 is 55.2. The lowest BCUT2D eigenvalue weighted by Crippen LogP contribution is -2.47. The summed E-state index contributed by atoms with van der Waals surface area (Å²) in [6.07, 6.45) is 2.59. The van der Waals surface area contributed by atoms with Gasteiger partial charge in [0.2, 0.25) is 15.9 Å². The predicted molar refractivity (Wildman–Crippen MR) is 120 cm³/mol. The zero-order chi connectivity index (χ0) is 24.2. The molecule has 10 heteroatoms. The van der Waals surface area contributed by atoms with Gasteiger partial charge in [0.15, 0.2) is 0 Å². The molecular weight excluding hydrogens is 452 g/mol. The maximum Gasteiger partial charge on any atom is 0.257 e. The molecule has 7 nitrogen and oxygen atoms in total. The molecule has 0 radical (unpaired) electrons. The van der Waals surface area contributed by atoms with Crippen molar-refractivity contribution < 1.29 is 26.8 Å². The molecule has 2 amide bonds. The Kier molecular flexibility index (Phi) is 7.80. The van der Waals surface area contributed by atoms with Gasteiger partial charge in [0.05, 0.1) is 4.90 Å². The van der Waals surface area contributed by atoms with E-state index in [2.05, 4.69) is 10.6 Å². The highest BCUT2D eigenvalue weighted by atomic mass is 32.2. The molecule has 0 saturated carbocycles. The third kappa shape index (κ3) is 5.75. The smallest absolute Gasteiger partial charge is 0.257 e. The third-order valence-electron chi connectivity index (χ3n) is 5.48. The minimum atomic E-state index is -3.69. The molecular formula is C23H27F2N3O4S. The quantitative estimate of drug-likeness (QED) is 0.635. The van der Waals surface area contributed by atoms with Crippen molar-refractivity contribution in [3.63, 3.8) is 0 Å². The van der Waals surface area contributed by atoms with Crippen LogP contribution in [0.5, 0.6) is 0 Å². The van der Waals surface area contributed by atoms with E-state index in [0.29, 0.717) is 13.1 Å². The van der Waals surface area contributed by atoms with Crippen molar-refractivity contribution in [3.8, 4) is 0 Å². The molecule has 1 atom stereocenters. The van der Waals surface area contributed by atoms with Crippen molar-refractivity contribution in [1.82, 2.24) is 9.62 Å². The standard InChI is InChI=1S/C23H27F2N3O4S/c1-15(2)21(27-22(29)20-18(24)10-7-11-19(20)25)23(30)26-16-8-6-9-17(14-16)33(31,32)28-12-4-3-5-13-28/h6-11,14-15,21H,3-5,12-13H2,1-2H3,(H,26,30)(H,27,29)/t21-/m0/s1. The molecule has 178 valence electrons. The van der Waals surface area contributed by atoms with E-state index in [4.69, 9.17) is 0 Å². The van der Waals surface area contributed by atoms with Crippen LogP contribution >= 0.6 is 0 Å². The summed E-state index contributed by atoms with van der Waals surface area (Å²) in [6, 6.07) is 7.80. The highest BCUT2D eigenvalue weighted by Gasteiger charge is 2.29. The zero-order valence-electron chi connectivity index (χ0n) is 18.5. The van der Waals surface area contributed by atoms with Crippen LogP contribution in [0.4, 0.5) is 14.5 Å². The van der Waals surface area contributed by atoms with Crippen LogP contribution in [0.2, 0.25) is 0 Å². The first-order valence-electron chi connectivity index (χ1n) is 10.8. The lowest BCUT2D eigenvalue weighted by atomic mass is 10.0. The highest BCUT2D eigenvalue weighted by Crippen LogP contribution is 2.23. The molecule has 2 aromatic rings. The van der Waals surface area contributed by atoms with Crippen LogP contribution in [0, 0.1) is 17.6 Å². The number of anilines is 1. The van der Waals surface area contributed by atoms with Crippen molar-refractivity contribution in [2.45, 2.75) is 44.0 Å². The zero-order valence-corrected chi connectivity index (χ0v) is 19.3. The van der Waals surface area contributed by atoms with Crippen LogP contribution < -0.4 is 10.6 Å². The summed E-state index contributed by atoms with van der Waals surface area (Å²) in [6.45, 7) is 4.24. The Morgan fingerprint density at radius 3 is 2.18 bits per heavy atom. The molecule has 0 bridgehead atoms. The normalized spacial score (nSPS) is 15.8. The van der Waals surface area contributed by atoms with E-state index in [1.807, 2.05) is 0 Å². The molecule has 1 heterocycles. The second kappa shape index (κ2) is 10.4. The van der Waals surface area contributed by atoms with Gasteiger partial charge in [0, 0.05) is 18.8 Å². The van der Waals surface area contributed by atoms with E-state index < -0.39 is 51.0 Å². The number of nitrogens with zero attached hydrogens (tertiary/aromatic N) is 1. The van der Waals surface area contributed by atoms with E-state index in [1.54, 1.807) is 13.8 Å². The summed E-state index contributed by atoms with van der Waals surface area (Å²) in [5.74, 6) is -4.18. The minimum Gasteiger partial charge on any atom is -0.340 e. The van der Waals surface area contributed by atoms with Gasteiger partial charge in [-0.2, -0.15) is 4.31 Å². The number of carbonyl (C=O) groups excluding carboxylic acids is 2. The number of sulfonamides is 1. The van der Waals surface area contributed by atoms with Crippen molar-refractivity contribution in [3.05, 3.63) is 59.7 Å². The minimum absolute atomic E-state index is 0.0563. The number of nitrogens with one attached hydrogen (secondary N) is 2. The molecule has 1 saturated heterocycles. The van der Waals surface area contributed by atoms with Crippen LogP contribution in [0.3, 0.4) is 0 Å². The number of halogens is 2. The van der Waals surface area contributed by atoms with Gasteiger partial charge in [-0.1, -0.05) is 32.4 Å². The Balaban J connectivity index is 1.77. The van der Waals surface area contributed by atoms with Crippen LogP contribution in [0.1, 0.15) is 43.5 Å². The summed E-state index contributed by atoms with van der Waals surface area (Å²) in [4.78, 5) is 25.4. The topological polar surface area (TPSA) is 95.6 Å². The Hall–Kier alpha value is -2.85. The van der Waals surface area contributed by atoms with E-state index >= 15 is 0 Å². The maximum atomic E-state index is 13.9. The number of carbonyl (C=O) groups is 2. The lowest BCUT2D eigenvalue weighted by Gasteiger charge is -2.26. The Labute approximate surface area is 192 Å². The summed E-state index contributed by atoms with van der Waals surface area (Å²) in [5, 5.41) is 4.97. The molecule has 3 rings (SSSR count). The van der Waals surface area contributed by atoms with Gasteiger partial charge in [-0.3, -0.25) is 9.59 Å². The molecule has 2 aromatic carbocycles. The summed E-state index contributed by atoms with van der Waals surface area (Å²) in [5.41, 5.74) is -0.541. The number of hydrogen-bond donors (Lipinski definition) is 2. The molecule has 0 aliphatic carbocycles. The van der Waals surface area contributed by atoms with Gasteiger partial charge in [-0.15, -0.1) is 0 Å². The van der Waals surface area contributed by atoms with Gasteiger partial charge in [0.25, 0.3) is 5.91 Å². The average Bonchev–Trinajstić information content (AvgIpc) is 2.78. The fourth-order valence-electron chi connectivity index (χ4n) is 3.67. The second-order valence-electron chi connectivity index (χ2n) is 8.27. The van der Waals surface area contributed by atoms with Gasteiger partial charge in [0.1, 0.15) is 23.2 Å². The highest BCUT2D eigenvalue weighted by molar-refractivity contribution is 7.89. The predicted octanol–water partition coefficient (Wildman–Crippen LogP) is 3.53. The van der Waals surface area contributed by atoms with Crippen molar-refractivity contribution in [1.29, 1.82) is 0 Å². The van der Waals surface area contributed by atoms with Crippen molar-refractivity contribution >= 4 is 27.5 Å². The average molecular weight is 480 g/mol. The molecule has 0 aromatic heterocycles. The largest absolute Gasteiger partial charge is 0.340 e. The Bertz CT molecular complexity index is 1110. The molecule has 1 aliphatic rings. The first-order chi connectivity index (χ1) is 15.6. The number of benzene rings is 2. The Morgan fingerprint density at radius 2 is 1.58 bits per heavy atom. The van der Waals surface area contributed by atoms with E-state index in [-0.39, 0.29) is 10.6 Å².